The van der Waals surface area contributed by atoms with E-state index in [9.17, 15) is 15.0 Å². The van der Waals surface area contributed by atoms with E-state index >= 15 is 0 Å². The van der Waals surface area contributed by atoms with Crippen LogP contribution < -0.4 is 5.73 Å². The third kappa shape index (κ3) is 2.73. The molecule has 6 heteroatoms. The maximum Gasteiger partial charge on any atom is 0.254 e. The average molecular weight is 474 g/mol. The summed E-state index contributed by atoms with van der Waals surface area (Å²) in [7, 11) is 0. The molecule has 2 saturated carbocycles. The third-order valence-electron chi connectivity index (χ3n) is 10.6. The van der Waals surface area contributed by atoms with Crippen LogP contribution in [0.3, 0.4) is 0 Å². The molecule has 4 bridgehead atoms. The fourth-order valence-corrected chi connectivity index (χ4v) is 9.64. The number of hydrogen-bond donors (Lipinski definition) is 3. The van der Waals surface area contributed by atoms with E-state index in [1.807, 2.05) is 36.4 Å². The van der Waals surface area contributed by atoms with Crippen molar-refractivity contribution in [3.05, 3.63) is 65.2 Å². The summed E-state index contributed by atoms with van der Waals surface area (Å²) >= 11 is 0. The summed E-state index contributed by atoms with van der Waals surface area (Å²) in [5.74, 6) is 1.42. The highest BCUT2D eigenvalue weighted by Gasteiger charge is 2.76. The van der Waals surface area contributed by atoms with Gasteiger partial charge in [-0.2, -0.15) is 0 Å². The Bertz CT molecular complexity index is 1170. The van der Waals surface area contributed by atoms with Crippen LogP contribution in [0.1, 0.15) is 47.2 Å². The van der Waals surface area contributed by atoms with Crippen LogP contribution in [-0.4, -0.2) is 70.3 Å². The Labute approximate surface area is 206 Å². The van der Waals surface area contributed by atoms with E-state index in [2.05, 4.69) is 21.9 Å². The molecule has 7 atom stereocenters. The van der Waals surface area contributed by atoms with Crippen molar-refractivity contribution in [3.8, 4) is 5.75 Å². The van der Waals surface area contributed by atoms with E-state index in [0.717, 1.165) is 50.8 Å². The standard InChI is InChI=1S/C29H35N3O3/c30-15-22(34)17-31-11-10-29-23-13-21(33)7-6-19(23)12-25(31)28(29)9-8-24-26(29)20(14-28)16-32(24)27(35)18-4-2-1-3-5-18/h1-7,13,20,22,24-26,33-34H,8-12,14-17,30H2/t20-,22?,24-,25-,26-,28-,29+/m1/s1. The van der Waals surface area contributed by atoms with Gasteiger partial charge >= 0.3 is 0 Å². The van der Waals surface area contributed by atoms with Gasteiger partial charge in [0.15, 0.2) is 0 Å². The Balaban J connectivity index is 1.34. The van der Waals surface area contributed by atoms with Crippen molar-refractivity contribution in [2.75, 3.05) is 26.2 Å². The number of fused-ring (bicyclic) bond motifs is 1. The summed E-state index contributed by atoms with van der Waals surface area (Å²) in [6, 6.07) is 16.4. The van der Waals surface area contributed by atoms with Crippen LogP contribution in [0.2, 0.25) is 0 Å². The van der Waals surface area contributed by atoms with Crippen molar-refractivity contribution in [2.45, 2.75) is 55.7 Å². The van der Waals surface area contributed by atoms with Gasteiger partial charge in [0.05, 0.1) is 6.10 Å². The Morgan fingerprint density at radius 3 is 2.80 bits per heavy atom. The van der Waals surface area contributed by atoms with Crippen molar-refractivity contribution >= 4 is 5.91 Å². The molecule has 4 N–H and O–H groups in total. The SMILES string of the molecule is NCC(O)CN1CC[C@@]23c4cc(O)ccc4C[C@@H]1[C@]21CC[C@@H]2[C@H]3[C@@H](CN2C(=O)c2ccccc2)C1. The number of carbonyl (C=O) groups is 1. The fourth-order valence-electron chi connectivity index (χ4n) is 9.64. The number of piperidine rings is 1. The molecular formula is C29H35N3O3. The van der Waals surface area contributed by atoms with Crippen LogP contribution in [0.25, 0.3) is 0 Å². The summed E-state index contributed by atoms with van der Waals surface area (Å²) in [5.41, 5.74) is 9.39. The highest BCUT2D eigenvalue weighted by atomic mass is 16.3. The lowest BCUT2D eigenvalue weighted by molar-refractivity contribution is -0.108. The zero-order valence-corrected chi connectivity index (χ0v) is 20.1. The molecule has 4 fully saturated rings. The van der Waals surface area contributed by atoms with E-state index in [1.54, 1.807) is 0 Å². The molecule has 2 saturated heterocycles. The number of hydrogen-bond acceptors (Lipinski definition) is 5. The molecule has 7 rings (SSSR count). The van der Waals surface area contributed by atoms with Crippen LogP contribution >= 0.6 is 0 Å². The lowest BCUT2D eigenvalue weighted by atomic mass is 9.43. The summed E-state index contributed by atoms with van der Waals surface area (Å²) in [5, 5.41) is 21.0. The van der Waals surface area contributed by atoms with Gasteiger partial charge in [-0.1, -0.05) is 24.3 Å². The van der Waals surface area contributed by atoms with Crippen molar-refractivity contribution in [3.63, 3.8) is 0 Å². The normalized spacial score (nSPS) is 37.6. The summed E-state index contributed by atoms with van der Waals surface area (Å²) in [6.45, 7) is 2.68. The second kappa shape index (κ2) is 7.55. The van der Waals surface area contributed by atoms with Crippen LogP contribution in [0.15, 0.2) is 48.5 Å². The molecule has 1 unspecified atom stereocenters. The smallest absolute Gasteiger partial charge is 0.254 e. The number of phenolic OH excluding ortho intramolecular Hbond substituents is 1. The number of aliphatic hydroxyl groups excluding tert-OH is 1. The van der Waals surface area contributed by atoms with E-state index in [4.69, 9.17) is 5.73 Å². The first-order valence-electron chi connectivity index (χ1n) is 13.3. The van der Waals surface area contributed by atoms with Gasteiger partial charge in [-0.15, -0.1) is 0 Å². The van der Waals surface area contributed by atoms with Gasteiger partial charge in [0.1, 0.15) is 5.75 Å². The molecule has 0 spiro atoms. The largest absolute Gasteiger partial charge is 0.508 e. The predicted molar refractivity (Wildman–Crippen MR) is 133 cm³/mol. The number of phenols is 1. The summed E-state index contributed by atoms with van der Waals surface area (Å²) < 4.78 is 0. The van der Waals surface area contributed by atoms with E-state index < -0.39 is 6.10 Å². The number of likely N-dealkylation sites (tertiary alicyclic amines) is 2. The molecule has 2 aromatic carbocycles. The third-order valence-corrected chi connectivity index (χ3v) is 10.6. The number of amides is 1. The molecule has 6 nitrogen and oxygen atoms in total. The number of aromatic hydroxyl groups is 1. The van der Waals surface area contributed by atoms with Gasteiger partial charge in [-0.3, -0.25) is 9.69 Å². The number of nitrogens with two attached hydrogens (primary N) is 1. The molecule has 2 aliphatic heterocycles. The lowest BCUT2D eigenvalue weighted by Gasteiger charge is -2.66. The highest BCUT2D eigenvalue weighted by molar-refractivity contribution is 5.94. The fraction of sp³-hybridized carbons (Fsp3) is 0.552. The Morgan fingerprint density at radius 2 is 2.00 bits per heavy atom. The maximum atomic E-state index is 13.6. The zero-order valence-electron chi connectivity index (χ0n) is 20.1. The Kier molecular flexibility index (Phi) is 4.71. The Morgan fingerprint density at radius 1 is 1.17 bits per heavy atom. The quantitative estimate of drug-likeness (QED) is 0.635. The minimum Gasteiger partial charge on any atom is -0.508 e. The number of nitrogens with zero attached hydrogens (tertiary/aromatic N) is 2. The number of benzene rings is 2. The second-order valence-corrected chi connectivity index (χ2v) is 11.7. The predicted octanol–water partition coefficient (Wildman–Crippen LogP) is 2.52. The lowest BCUT2D eigenvalue weighted by Crippen LogP contribution is -2.70. The molecule has 5 aliphatic rings. The van der Waals surface area contributed by atoms with Crippen molar-refractivity contribution < 1.29 is 15.0 Å². The maximum absolute atomic E-state index is 13.6. The molecule has 35 heavy (non-hydrogen) atoms. The van der Waals surface area contributed by atoms with Gasteiger partial charge in [0.2, 0.25) is 0 Å². The number of aliphatic hydroxyl groups is 1. The van der Waals surface area contributed by atoms with Crippen LogP contribution in [0.4, 0.5) is 0 Å². The zero-order chi connectivity index (χ0) is 23.9. The first-order valence-corrected chi connectivity index (χ1v) is 13.3. The Hall–Kier alpha value is -2.41. The average Bonchev–Trinajstić information content (AvgIpc) is 3.32. The van der Waals surface area contributed by atoms with Crippen LogP contribution in [0.5, 0.6) is 5.75 Å². The van der Waals surface area contributed by atoms with E-state index in [0.29, 0.717) is 30.2 Å². The molecule has 0 aromatic heterocycles. The molecule has 3 aliphatic carbocycles. The molecular weight excluding hydrogens is 438 g/mol. The minimum absolute atomic E-state index is 0.0204. The van der Waals surface area contributed by atoms with Gasteiger partial charge in [-0.25, -0.2) is 0 Å². The molecule has 2 heterocycles. The van der Waals surface area contributed by atoms with Gasteiger partial charge in [0.25, 0.3) is 5.91 Å². The van der Waals surface area contributed by atoms with Gasteiger partial charge in [0, 0.05) is 42.7 Å². The minimum atomic E-state index is -0.503. The second-order valence-electron chi connectivity index (χ2n) is 11.7. The monoisotopic (exact) mass is 473 g/mol. The number of rotatable bonds is 4. The van der Waals surface area contributed by atoms with Crippen molar-refractivity contribution in [1.29, 1.82) is 0 Å². The van der Waals surface area contributed by atoms with E-state index in [-0.39, 0.29) is 29.3 Å². The molecule has 0 radical (unpaired) electrons. The van der Waals surface area contributed by atoms with Crippen molar-refractivity contribution in [2.24, 2.45) is 23.0 Å². The summed E-state index contributed by atoms with van der Waals surface area (Å²) in [6.07, 6.45) is 4.74. The number of carbonyl (C=O) groups excluding carboxylic acids is 1. The molecule has 184 valence electrons. The van der Waals surface area contributed by atoms with Crippen molar-refractivity contribution in [1.82, 2.24) is 9.80 Å². The van der Waals surface area contributed by atoms with Gasteiger partial charge < -0.3 is 20.8 Å². The molecule has 2 aromatic rings. The first kappa shape index (κ1) is 21.8. The van der Waals surface area contributed by atoms with Gasteiger partial charge in [-0.05, 0) is 91.3 Å². The van der Waals surface area contributed by atoms with E-state index in [1.165, 1.54) is 11.1 Å². The summed E-state index contributed by atoms with van der Waals surface area (Å²) in [4.78, 5) is 18.4. The highest BCUT2D eigenvalue weighted by Crippen LogP contribution is 2.75. The topological polar surface area (TPSA) is 90.0 Å². The number of β-amino-alcohol motifs (C(OH)–C–C–N with tert-alkyl or cyclic N) is 1. The first-order chi connectivity index (χ1) is 17.0. The van der Waals surface area contributed by atoms with Crippen LogP contribution in [0, 0.1) is 17.3 Å². The molecule has 1 amide bonds. The van der Waals surface area contributed by atoms with Crippen LogP contribution in [-0.2, 0) is 11.8 Å².